The highest BCUT2D eigenvalue weighted by Crippen LogP contribution is 2.14. The number of nitrogens with two attached hydrogens (primary N) is 1. The standard InChI is InChI=1S/C18H26N4O2/c1-14-17(20-16(23)12-8-3-4-9-13-19)18(24)22(21(14)2)15-10-6-5-7-11-15/h5-7,10-11H,3-4,8-9,12-13,19H2,1-2H3,(H,20,23). The molecule has 1 amide bonds. The van der Waals surface area contributed by atoms with E-state index in [1.165, 1.54) is 0 Å². The zero-order valence-corrected chi connectivity index (χ0v) is 14.4. The molecule has 0 fully saturated rings. The zero-order valence-electron chi connectivity index (χ0n) is 14.4. The van der Waals surface area contributed by atoms with Gasteiger partial charge < -0.3 is 11.1 Å². The molecule has 2 aromatic rings. The van der Waals surface area contributed by atoms with Crippen LogP contribution >= 0.6 is 0 Å². The fraction of sp³-hybridized carbons (Fsp3) is 0.444. The number of carbonyl (C=O) groups excluding carboxylic acids is 1. The van der Waals surface area contributed by atoms with Crippen molar-refractivity contribution in [1.82, 2.24) is 9.36 Å². The Balaban J connectivity index is 2.09. The minimum atomic E-state index is -0.210. The predicted octanol–water partition coefficient (Wildman–Crippen LogP) is 2.33. The molecule has 0 radical (unpaired) electrons. The van der Waals surface area contributed by atoms with Crippen molar-refractivity contribution in [2.24, 2.45) is 12.8 Å². The molecule has 0 saturated carbocycles. The highest BCUT2D eigenvalue weighted by atomic mass is 16.2. The number of para-hydroxylation sites is 1. The van der Waals surface area contributed by atoms with Crippen LogP contribution in [0.4, 0.5) is 5.69 Å². The first-order valence-corrected chi connectivity index (χ1v) is 8.40. The van der Waals surface area contributed by atoms with Gasteiger partial charge in [-0.1, -0.05) is 31.0 Å². The first-order valence-electron chi connectivity index (χ1n) is 8.40. The SMILES string of the molecule is Cc1c(NC(=O)CCCCCCN)c(=O)n(-c2ccccc2)n1C. The lowest BCUT2D eigenvalue weighted by Crippen LogP contribution is -2.22. The predicted molar refractivity (Wildman–Crippen MR) is 96.5 cm³/mol. The molecule has 0 aliphatic rings. The van der Waals surface area contributed by atoms with Crippen LogP contribution in [0.15, 0.2) is 35.1 Å². The van der Waals surface area contributed by atoms with Gasteiger partial charge in [0.1, 0.15) is 5.69 Å². The van der Waals surface area contributed by atoms with Crippen molar-refractivity contribution in [2.75, 3.05) is 11.9 Å². The third-order valence-corrected chi connectivity index (χ3v) is 4.18. The molecule has 0 unspecified atom stereocenters. The number of unbranched alkanes of at least 4 members (excludes halogenated alkanes) is 3. The number of nitrogens with one attached hydrogen (secondary N) is 1. The van der Waals surface area contributed by atoms with Crippen molar-refractivity contribution >= 4 is 11.6 Å². The van der Waals surface area contributed by atoms with Crippen molar-refractivity contribution < 1.29 is 4.79 Å². The van der Waals surface area contributed by atoms with Crippen LogP contribution in [0.3, 0.4) is 0 Å². The van der Waals surface area contributed by atoms with E-state index in [-0.39, 0.29) is 11.5 Å². The minimum Gasteiger partial charge on any atom is -0.330 e. The Morgan fingerprint density at radius 3 is 2.46 bits per heavy atom. The maximum absolute atomic E-state index is 12.7. The highest BCUT2D eigenvalue weighted by molar-refractivity contribution is 5.91. The molecule has 6 nitrogen and oxygen atoms in total. The van der Waals surface area contributed by atoms with E-state index >= 15 is 0 Å². The molecule has 130 valence electrons. The Hall–Kier alpha value is -2.34. The van der Waals surface area contributed by atoms with Crippen molar-refractivity contribution in [2.45, 2.75) is 39.0 Å². The average Bonchev–Trinajstić information content (AvgIpc) is 2.79. The molecule has 1 aromatic heterocycles. The second kappa shape index (κ2) is 8.49. The molecule has 0 aliphatic carbocycles. The van der Waals surface area contributed by atoms with Crippen molar-refractivity contribution in [1.29, 1.82) is 0 Å². The fourth-order valence-corrected chi connectivity index (χ4v) is 2.70. The summed E-state index contributed by atoms with van der Waals surface area (Å²) in [6.07, 6.45) is 4.23. The molecule has 0 aliphatic heterocycles. The Kier molecular flexibility index (Phi) is 6.37. The summed E-state index contributed by atoms with van der Waals surface area (Å²) in [4.78, 5) is 24.8. The van der Waals surface area contributed by atoms with Crippen LogP contribution in [0, 0.1) is 6.92 Å². The van der Waals surface area contributed by atoms with E-state index in [0.717, 1.165) is 37.1 Å². The van der Waals surface area contributed by atoms with Gasteiger partial charge in [-0.15, -0.1) is 0 Å². The third-order valence-electron chi connectivity index (χ3n) is 4.18. The van der Waals surface area contributed by atoms with E-state index in [4.69, 9.17) is 5.73 Å². The molecule has 0 saturated heterocycles. The first-order chi connectivity index (χ1) is 11.6. The van der Waals surface area contributed by atoms with Crippen molar-refractivity contribution in [3.05, 3.63) is 46.4 Å². The quantitative estimate of drug-likeness (QED) is 0.729. The van der Waals surface area contributed by atoms with Gasteiger partial charge in [-0.2, -0.15) is 0 Å². The molecule has 0 spiro atoms. The van der Waals surface area contributed by atoms with E-state index < -0.39 is 0 Å². The van der Waals surface area contributed by atoms with Gasteiger partial charge in [-0.3, -0.25) is 14.3 Å². The summed E-state index contributed by atoms with van der Waals surface area (Å²) in [5.74, 6) is -0.117. The summed E-state index contributed by atoms with van der Waals surface area (Å²) >= 11 is 0. The van der Waals surface area contributed by atoms with Gasteiger partial charge in [0, 0.05) is 13.5 Å². The van der Waals surface area contributed by atoms with E-state index in [2.05, 4.69) is 5.32 Å². The van der Waals surface area contributed by atoms with Crippen LogP contribution in [0.2, 0.25) is 0 Å². The van der Waals surface area contributed by atoms with Crippen LogP contribution < -0.4 is 16.6 Å². The zero-order chi connectivity index (χ0) is 17.5. The van der Waals surface area contributed by atoms with Crippen molar-refractivity contribution in [3.63, 3.8) is 0 Å². The normalized spacial score (nSPS) is 10.8. The second-order valence-corrected chi connectivity index (χ2v) is 5.94. The summed E-state index contributed by atoms with van der Waals surface area (Å²) in [7, 11) is 1.81. The molecule has 1 heterocycles. The van der Waals surface area contributed by atoms with Crippen molar-refractivity contribution in [3.8, 4) is 5.69 Å². The van der Waals surface area contributed by atoms with Gasteiger partial charge in [-0.25, -0.2) is 4.68 Å². The maximum Gasteiger partial charge on any atom is 0.295 e. The lowest BCUT2D eigenvalue weighted by Gasteiger charge is -2.07. The second-order valence-electron chi connectivity index (χ2n) is 5.94. The molecule has 2 rings (SSSR count). The molecular formula is C18H26N4O2. The summed E-state index contributed by atoms with van der Waals surface area (Å²) in [6.45, 7) is 2.52. The number of hydrogen-bond acceptors (Lipinski definition) is 3. The Morgan fingerprint density at radius 2 is 1.79 bits per heavy atom. The maximum atomic E-state index is 12.7. The number of nitrogens with zero attached hydrogens (tertiary/aromatic N) is 2. The highest BCUT2D eigenvalue weighted by Gasteiger charge is 2.17. The largest absolute Gasteiger partial charge is 0.330 e. The summed E-state index contributed by atoms with van der Waals surface area (Å²) in [5.41, 5.74) is 7.11. The monoisotopic (exact) mass is 330 g/mol. The Bertz CT molecular complexity index is 731. The van der Waals surface area contributed by atoms with Gasteiger partial charge in [-0.05, 0) is 38.4 Å². The molecule has 0 bridgehead atoms. The van der Waals surface area contributed by atoms with E-state index in [0.29, 0.717) is 18.7 Å². The van der Waals surface area contributed by atoms with Crippen LogP contribution in [-0.2, 0) is 11.8 Å². The summed E-state index contributed by atoms with van der Waals surface area (Å²) in [6, 6.07) is 9.39. The molecule has 1 aromatic carbocycles. The first kappa shape index (κ1) is 18.0. The number of amides is 1. The van der Waals surface area contributed by atoms with Crippen LogP contribution in [0.5, 0.6) is 0 Å². The number of aromatic nitrogens is 2. The number of rotatable bonds is 8. The smallest absolute Gasteiger partial charge is 0.295 e. The number of hydrogen-bond donors (Lipinski definition) is 2. The van der Waals surface area contributed by atoms with Gasteiger partial charge >= 0.3 is 0 Å². The topological polar surface area (TPSA) is 82.1 Å². The number of carbonyl (C=O) groups is 1. The Morgan fingerprint density at radius 1 is 1.12 bits per heavy atom. The minimum absolute atomic E-state index is 0.117. The summed E-state index contributed by atoms with van der Waals surface area (Å²) in [5, 5.41) is 2.78. The van der Waals surface area contributed by atoms with Gasteiger partial charge in [0.2, 0.25) is 5.91 Å². The fourth-order valence-electron chi connectivity index (χ4n) is 2.70. The molecule has 3 N–H and O–H groups in total. The Labute approximate surface area is 142 Å². The number of benzene rings is 1. The van der Waals surface area contributed by atoms with E-state index in [1.807, 2.05) is 44.3 Å². The summed E-state index contributed by atoms with van der Waals surface area (Å²) < 4.78 is 3.32. The van der Waals surface area contributed by atoms with E-state index in [9.17, 15) is 9.59 Å². The van der Waals surface area contributed by atoms with Crippen LogP contribution in [0.1, 0.15) is 37.8 Å². The lowest BCUT2D eigenvalue weighted by molar-refractivity contribution is -0.116. The van der Waals surface area contributed by atoms with Crippen LogP contribution in [-0.4, -0.2) is 21.8 Å². The van der Waals surface area contributed by atoms with Crippen LogP contribution in [0.25, 0.3) is 5.69 Å². The van der Waals surface area contributed by atoms with E-state index in [1.54, 1.807) is 9.36 Å². The average molecular weight is 330 g/mol. The van der Waals surface area contributed by atoms with Gasteiger partial charge in [0.25, 0.3) is 5.56 Å². The molecule has 6 heteroatoms. The molecule has 24 heavy (non-hydrogen) atoms. The van der Waals surface area contributed by atoms with Gasteiger partial charge in [0.05, 0.1) is 11.4 Å². The lowest BCUT2D eigenvalue weighted by atomic mass is 10.1. The number of anilines is 1. The molecule has 0 atom stereocenters. The molecular weight excluding hydrogens is 304 g/mol. The third kappa shape index (κ3) is 4.14. The van der Waals surface area contributed by atoms with Gasteiger partial charge in [0.15, 0.2) is 0 Å².